The van der Waals surface area contributed by atoms with Crippen LogP contribution in [0.4, 0.5) is 4.39 Å². The monoisotopic (exact) mass is 226 g/mol. The Hall–Kier alpha value is -1.16. The molecule has 0 spiro atoms. The van der Waals surface area contributed by atoms with E-state index in [-0.39, 0.29) is 5.56 Å². The molecule has 0 saturated carbocycles. The summed E-state index contributed by atoms with van der Waals surface area (Å²) in [6, 6.07) is 2.58. The van der Waals surface area contributed by atoms with Gasteiger partial charge in [0.05, 0.1) is 5.56 Å². The highest BCUT2D eigenvalue weighted by Crippen LogP contribution is 2.26. The molecule has 1 aromatic carbocycles. The van der Waals surface area contributed by atoms with Crippen LogP contribution in [0.1, 0.15) is 15.9 Å². The molecule has 0 aliphatic heterocycles. The fraction of sp³-hybridized carbons (Fsp3) is 0.364. The van der Waals surface area contributed by atoms with E-state index in [1.807, 2.05) is 19.6 Å². The number of hydrogen-bond donors (Lipinski definition) is 0. The maximum absolute atomic E-state index is 13.0. The minimum atomic E-state index is -1.78. The lowest BCUT2D eigenvalue weighted by molar-refractivity contribution is 0.112. The summed E-state index contributed by atoms with van der Waals surface area (Å²) in [4.78, 5) is 10.8. The fourth-order valence-electron chi connectivity index (χ4n) is 1.29. The number of aryl methyl sites for hydroxylation is 1. The molecule has 1 rings (SSSR count). The van der Waals surface area contributed by atoms with E-state index < -0.39 is 14.1 Å². The molecule has 82 valence electrons. The van der Waals surface area contributed by atoms with E-state index >= 15 is 0 Å². The van der Waals surface area contributed by atoms with Crippen LogP contribution in [0.5, 0.6) is 5.75 Å². The average molecular weight is 226 g/mol. The van der Waals surface area contributed by atoms with Crippen LogP contribution in [-0.2, 0) is 0 Å². The van der Waals surface area contributed by atoms with E-state index in [0.29, 0.717) is 17.6 Å². The van der Waals surface area contributed by atoms with E-state index in [9.17, 15) is 9.18 Å². The highest BCUT2D eigenvalue weighted by Gasteiger charge is 2.20. The Morgan fingerprint density at radius 3 is 2.40 bits per heavy atom. The van der Waals surface area contributed by atoms with Crippen molar-refractivity contribution in [2.24, 2.45) is 0 Å². The first kappa shape index (κ1) is 11.9. The van der Waals surface area contributed by atoms with Crippen LogP contribution in [0.2, 0.25) is 19.6 Å². The van der Waals surface area contributed by atoms with Crippen molar-refractivity contribution in [1.82, 2.24) is 0 Å². The predicted molar refractivity (Wildman–Crippen MR) is 60.5 cm³/mol. The summed E-state index contributed by atoms with van der Waals surface area (Å²) in [7, 11) is -1.78. The molecule has 0 fully saturated rings. The molecule has 0 N–H and O–H groups in total. The van der Waals surface area contributed by atoms with Crippen LogP contribution in [-0.4, -0.2) is 14.6 Å². The van der Waals surface area contributed by atoms with Crippen molar-refractivity contribution in [2.75, 3.05) is 0 Å². The minimum Gasteiger partial charge on any atom is -0.544 e. The Bertz CT molecular complexity index is 383. The van der Waals surface area contributed by atoms with E-state index in [1.54, 1.807) is 6.92 Å². The molecule has 1 aromatic rings. The topological polar surface area (TPSA) is 26.3 Å². The maximum Gasteiger partial charge on any atom is 0.242 e. The van der Waals surface area contributed by atoms with Gasteiger partial charge in [0.25, 0.3) is 0 Å². The molecule has 0 unspecified atom stereocenters. The van der Waals surface area contributed by atoms with Gasteiger partial charge in [-0.2, -0.15) is 0 Å². The van der Waals surface area contributed by atoms with E-state index in [2.05, 4.69) is 0 Å². The second-order valence-electron chi connectivity index (χ2n) is 4.47. The van der Waals surface area contributed by atoms with E-state index in [4.69, 9.17) is 4.43 Å². The van der Waals surface area contributed by atoms with Crippen LogP contribution in [0.25, 0.3) is 0 Å². The molecule has 4 heteroatoms. The first-order valence-corrected chi connectivity index (χ1v) is 8.18. The van der Waals surface area contributed by atoms with Gasteiger partial charge < -0.3 is 4.43 Å². The second kappa shape index (κ2) is 4.14. The highest BCUT2D eigenvalue weighted by atomic mass is 28.4. The molecular formula is C11H15FO2Si. The summed E-state index contributed by atoms with van der Waals surface area (Å²) in [6.45, 7) is 7.80. The molecule has 15 heavy (non-hydrogen) atoms. The number of benzene rings is 1. The summed E-state index contributed by atoms with van der Waals surface area (Å²) in [5.74, 6) is 0.114. The highest BCUT2D eigenvalue weighted by molar-refractivity contribution is 6.70. The molecule has 0 bridgehead atoms. The van der Waals surface area contributed by atoms with Crippen molar-refractivity contribution in [3.05, 3.63) is 29.1 Å². The van der Waals surface area contributed by atoms with Gasteiger partial charge in [0.2, 0.25) is 8.32 Å². The standard InChI is InChI=1S/C11H15FO2Si/c1-8-5-10(12)6-9(7-13)11(8)14-15(2,3)4/h5-7H,1-4H3. The lowest BCUT2D eigenvalue weighted by atomic mass is 10.1. The van der Waals surface area contributed by atoms with Crippen molar-refractivity contribution >= 4 is 14.6 Å². The molecule has 0 amide bonds. The van der Waals surface area contributed by atoms with Crippen LogP contribution in [0, 0.1) is 12.7 Å². The van der Waals surface area contributed by atoms with E-state index in [1.165, 1.54) is 12.1 Å². The van der Waals surface area contributed by atoms with Crippen LogP contribution in [0.3, 0.4) is 0 Å². The molecule has 0 heterocycles. The Labute approximate surface area is 90.2 Å². The molecular weight excluding hydrogens is 211 g/mol. The third kappa shape index (κ3) is 3.16. The van der Waals surface area contributed by atoms with Gasteiger partial charge >= 0.3 is 0 Å². The smallest absolute Gasteiger partial charge is 0.242 e. The lowest BCUT2D eigenvalue weighted by Crippen LogP contribution is -2.30. The molecule has 0 aliphatic rings. The lowest BCUT2D eigenvalue weighted by Gasteiger charge is -2.22. The van der Waals surface area contributed by atoms with Gasteiger partial charge in [-0.15, -0.1) is 0 Å². The Morgan fingerprint density at radius 1 is 1.33 bits per heavy atom. The van der Waals surface area contributed by atoms with E-state index in [0.717, 1.165) is 0 Å². The molecule has 0 aromatic heterocycles. The predicted octanol–water partition coefficient (Wildman–Crippen LogP) is 3.16. The Morgan fingerprint density at radius 2 is 1.93 bits per heavy atom. The second-order valence-corrected chi connectivity index (χ2v) is 8.90. The van der Waals surface area contributed by atoms with Gasteiger partial charge in [-0.25, -0.2) is 4.39 Å². The number of carbonyl (C=O) groups excluding carboxylic acids is 1. The molecule has 0 aliphatic carbocycles. The van der Waals surface area contributed by atoms with Gasteiger partial charge in [0, 0.05) is 0 Å². The maximum atomic E-state index is 13.0. The van der Waals surface area contributed by atoms with Crippen molar-refractivity contribution in [3.63, 3.8) is 0 Å². The number of aldehydes is 1. The van der Waals surface area contributed by atoms with Gasteiger partial charge in [0.15, 0.2) is 6.29 Å². The number of hydrogen-bond acceptors (Lipinski definition) is 2. The zero-order chi connectivity index (χ0) is 11.6. The van der Waals surface area contributed by atoms with Gasteiger partial charge in [-0.05, 0) is 44.3 Å². The van der Waals surface area contributed by atoms with Gasteiger partial charge in [0.1, 0.15) is 11.6 Å². The van der Waals surface area contributed by atoms with Crippen LogP contribution in [0.15, 0.2) is 12.1 Å². The Balaban J connectivity index is 3.21. The SMILES string of the molecule is Cc1cc(F)cc(C=O)c1O[Si](C)(C)C. The fourth-order valence-corrected chi connectivity index (χ4v) is 2.18. The van der Waals surface area contributed by atoms with Crippen LogP contribution < -0.4 is 4.43 Å². The zero-order valence-electron chi connectivity index (χ0n) is 9.43. The average Bonchev–Trinajstić information content (AvgIpc) is 2.07. The first-order valence-electron chi connectivity index (χ1n) is 4.78. The number of rotatable bonds is 3. The van der Waals surface area contributed by atoms with Gasteiger partial charge in [-0.3, -0.25) is 4.79 Å². The van der Waals surface area contributed by atoms with Gasteiger partial charge in [-0.1, -0.05) is 0 Å². The summed E-state index contributed by atoms with van der Waals surface area (Å²) in [6.07, 6.45) is 0.631. The number of carbonyl (C=O) groups is 1. The van der Waals surface area contributed by atoms with Crippen molar-refractivity contribution in [3.8, 4) is 5.75 Å². The first-order chi connectivity index (χ1) is 6.83. The normalized spacial score (nSPS) is 11.3. The summed E-state index contributed by atoms with van der Waals surface area (Å²) >= 11 is 0. The largest absolute Gasteiger partial charge is 0.544 e. The third-order valence-electron chi connectivity index (χ3n) is 1.80. The minimum absolute atomic E-state index is 0.287. The molecule has 0 atom stereocenters. The zero-order valence-corrected chi connectivity index (χ0v) is 10.4. The van der Waals surface area contributed by atoms with Crippen molar-refractivity contribution < 1.29 is 13.6 Å². The summed E-state index contributed by atoms with van der Waals surface area (Å²) < 4.78 is 18.8. The molecule has 0 radical (unpaired) electrons. The third-order valence-corrected chi connectivity index (χ3v) is 2.62. The molecule has 2 nitrogen and oxygen atoms in total. The van der Waals surface area contributed by atoms with Crippen LogP contribution >= 0.6 is 0 Å². The summed E-state index contributed by atoms with van der Waals surface area (Å²) in [5, 5.41) is 0. The van der Waals surface area contributed by atoms with Crippen molar-refractivity contribution in [2.45, 2.75) is 26.6 Å². The van der Waals surface area contributed by atoms with Crippen molar-refractivity contribution in [1.29, 1.82) is 0 Å². The quantitative estimate of drug-likeness (QED) is 0.584. The molecule has 0 saturated heterocycles. The number of halogens is 1. The summed E-state index contributed by atoms with van der Waals surface area (Å²) in [5.41, 5.74) is 0.953. The Kier molecular flexibility index (Phi) is 3.29.